The molecule has 0 saturated heterocycles. The lowest BCUT2D eigenvalue weighted by atomic mass is 10.2. The standard InChI is InChI=1S/C8H8I.Mg.H2/c9-7-6-8-4-2-1-3-5-8;;/h1-5,7H,6H2;;1H. The Morgan fingerprint density at radius 3 is 2.40 bits per heavy atom. The predicted octanol–water partition coefficient (Wildman–Crippen LogP) is 2.69. The van der Waals surface area contributed by atoms with E-state index in [1.165, 1.54) is 5.56 Å². The smallest absolute Gasteiger partial charge is 0.0271 e. The topological polar surface area (TPSA) is 0 Å². The summed E-state index contributed by atoms with van der Waals surface area (Å²) in [6.07, 6.45) is 1.07. The van der Waals surface area contributed by atoms with E-state index in [0.29, 0.717) is 0 Å². The normalized spacial score (nSPS) is 8.50. The van der Waals surface area contributed by atoms with Crippen LogP contribution < -0.4 is 0 Å². The molecule has 10 heavy (non-hydrogen) atoms. The molecule has 51 valence electrons. The minimum Gasteiger partial charge on any atom is -0.0811 e. The van der Waals surface area contributed by atoms with Crippen molar-refractivity contribution in [2.24, 2.45) is 0 Å². The summed E-state index contributed by atoms with van der Waals surface area (Å²) in [5.74, 6) is 0. The lowest BCUT2D eigenvalue weighted by molar-refractivity contribution is 1.26. The lowest BCUT2D eigenvalue weighted by Crippen LogP contribution is -1.77. The molecule has 1 aromatic carbocycles. The Bertz CT molecular complexity index is 167. The molecule has 1 aromatic rings. The number of benzene rings is 1. The molecule has 0 aromatic heterocycles. The maximum atomic E-state index is 2.27. The van der Waals surface area contributed by atoms with E-state index < -0.39 is 0 Å². The molecule has 2 heteroatoms. The highest BCUT2D eigenvalue weighted by atomic mass is 127. The highest BCUT2D eigenvalue weighted by Crippen LogP contribution is 2.04. The van der Waals surface area contributed by atoms with Crippen molar-refractivity contribution in [3.8, 4) is 0 Å². The molecule has 0 aliphatic rings. The minimum absolute atomic E-state index is 0. The van der Waals surface area contributed by atoms with Gasteiger partial charge in [0, 0.05) is 28.9 Å². The first-order valence-corrected chi connectivity index (χ1v) is 4.14. The average molecular weight is 257 g/mol. The Balaban J connectivity index is 0. The van der Waals surface area contributed by atoms with E-state index in [0.717, 1.165) is 6.42 Å². The van der Waals surface area contributed by atoms with Crippen molar-refractivity contribution < 1.29 is 1.43 Å². The minimum atomic E-state index is 0. The van der Waals surface area contributed by atoms with Crippen molar-refractivity contribution in [3.63, 3.8) is 0 Å². The number of rotatable bonds is 2. The fourth-order valence-corrected chi connectivity index (χ4v) is 1.21. The SMILES string of the molecule is I[CH]Cc1ccccc1.[HH].[Mg]. The van der Waals surface area contributed by atoms with Gasteiger partial charge in [-0.15, -0.1) is 0 Å². The highest BCUT2D eigenvalue weighted by molar-refractivity contribution is 14.1. The van der Waals surface area contributed by atoms with Gasteiger partial charge in [0.2, 0.25) is 0 Å². The summed E-state index contributed by atoms with van der Waals surface area (Å²) in [6.45, 7) is 0. The fraction of sp³-hybridized carbons (Fsp3) is 0.125. The van der Waals surface area contributed by atoms with Crippen LogP contribution in [0.15, 0.2) is 30.3 Å². The largest absolute Gasteiger partial charge is 0.0811 e. The van der Waals surface area contributed by atoms with Crippen LogP contribution in [0.4, 0.5) is 0 Å². The maximum Gasteiger partial charge on any atom is 0.0271 e. The number of hydrogen-bond donors (Lipinski definition) is 0. The molecule has 0 saturated carbocycles. The third-order valence-electron chi connectivity index (χ3n) is 1.16. The predicted molar refractivity (Wildman–Crippen MR) is 56.3 cm³/mol. The first-order chi connectivity index (χ1) is 4.43. The van der Waals surface area contributed by atoms with Gasteiger partial charge in [-0.1, -0.05) is 52.9 Å². The summed E-state index contributed by atoms with van der Waals surface area (Å²) in [6, 6.07) is 10.4. The zero-order chi connectivity index (χ0) is 6.53. The van der Waals surface area contributed by atoms with Gasteiger partial charge in [-0.3, -0.25) is 0 Å². The molecule has 0 aliphatic carbocycles. The van der Waals surface area contributed by atoms with E-state index in [-0.39, 0.29) is 24.5 Å². The zero-order valence-corrected chi connectivity index (χ0v) is 9.33. The van der Waals surface area contributed by atoms with Gasteiger partial charge in [-0.2, -0.15) is 0 Å². The van der Waals surface area contributed by atoms with E-state index in [4.69, 9.17) is 0 Å². The van der Waals surface area contributed by atoms with Gasteiger partial charge in [0.25, 0.3) is 0 Å². The maximum absolute atomic E-state index is 2.27. The molecule has 0 bridgehead atoms. The van der Waals surface area contributed by atoms with Crippen LogP contribution in [0.3, 0.4) is 0 Å². The van der Waals surface area contributed by atoms with Gasteiger partial charge in [-0.25, -0.2) is 0 Å². The van der Waals surface area contributed by atoms with Crippen LogP contribution >= 0.6 is 22.6 Å². The molecule has 1 rings (SSSR count). The second-order valence-corrected chi connectivity index (χ2v) is 2.72. The monoisotopic (exact) mass is 257 g/mol. The zero-order valence-electron chi connectivity index (χ0n) is 5.76. The third kappa shape index (κ3) is 3.78. The molecular formula is C8H10IMg. The lowest BCUT2D eigenvalue weighted by Gasteiger charge is -1.92. The summed E-state index contributed by atoms with van der Waals surface area (Å²) in [7, 11) is 0. The van der Waals surface area contributed by atoms with Crippen molar-refractivity contribution in [2.75, 3.05) is 0 Å². The van der Waals surface area contributed by atoms with Gasteiger partial charge in [0.05, 0.1) is 0 Å². The molecule has 0 fully saturated rings. The van der Waals surface area contributed by atoms with Crippen LogP contribution in [0.2, 0.25) is 0 Å². The summed E-state index contributed by atoms with van der Waals surface area (Å²) in [5.41, 5.74) is 1.38. The molecule has 0 heterocycles. The van der Waals surface area contributed by atoms with Gasteiger partial charge >= 0.3 is 0 Å². The Morgan fingerprint density at radius 1 is 1.30 bits per heavy atom. The van der Waals surface area contributed by atoms with Crippen molar-refractivity contribution in [2.45, 2.75) is 6.42 Å². The van der Waals surface area contributed by atoms with Crippen molar-refractivity contribution >= 4 is 45.6 Å². The van der Waals surface area contributed by atoms with Crippen LogP contribution in [0.5, 0.6) is 0 Å². The van der Waals surface area contributed by atoms with Gasteiger partial charge < -0.3 is 0 Å². The van der Waals surface area contributed by atoms with Gasteiger partial charge in [-0.05, 0) is 12.0 Å². The third-order valence-corrected chi connectivity index (χ3v) is 1.60. The summed E-state index contributed by atoms with van der Waals surface area (Å²) in [5, 5.41) is 0. The molecule has 0 unspecified atom stereocenters. The molecule has 0 spiro atoms. The summed E-state index contributed by atoms with van der Waals surface area (Å²) in [4.78, 5) is 0. The van der Waals surface area contributed by atoms with Crippen LogP contribution in [0.25, 0.3) is 0 Å². The van der Waals surface area contributed by atoms with Crippen molar-refractivity contribution in [1.29, 1.82) is 0 Å². The van der Waals surface area contributed by atoms with E-state index in [1.807, 2.05) is 6.07 Å². The van der Waals surface area contributed by atoms with E-state index >= 15 is 0 Å². The number of hydrogen-bond acceptors (Lipinski definition) is 0. The van der Waals surface area contributed by atoms with Gasteiger partial charge in [0.1, 0.15) is 0 Å². The second kappa shape index (κ2) is 6.43. The van der Waals surface area contributed by atoms with Crippen molar-refractivity contribution in [1.82, 2.24) is 0 Å². The Hall–Kier alpha value is 0.716. The number of halogens is 1. The van der Waals surface area contributed by atoms with Crippen molar-refractivity contribution in [3.05, 3.63) is 40.3 Å². The Labute approximate surface area is 93.2 Å². The molecule has 0 atom stereocenters. The molecular weight excluding hydrogens is 247 g/mol. The second-order valence-electron chi connectivity index (χ2n) is 1.84. The summed E-state index contributed by atoms with van der Waals surface area (Å²) < 4.78 is 2.13. The van der Waals surface area contributed by atoms with Gasteiger partial charge in [0.15, 0.2) is 0 Å². The molecule has 0 amide bonds. The fourth-order valence-electron chi connectivity index (χ4n) is 0.703. The Morgan fingerprint density at radius 2 is 1.90 bits per heavy atom. The van der Waals surface area contributed by atoms with E-state index in [9.17, 15) is 0 Å². The highest BCUT2D eigenvalue weighted by Gasteiger charge is 1.85. The average Bonchev–Trinajstić information content (AvgIpc) is 1.91. The molecule has 0 nitrogen and oxygen atoms in total. The first-order valence-electron chi connectivity index (χ1n) is 2.89. The quantitative estimate of drug-likeness (QED) is 0.564. The first kappa shape index (κ1) is 10.7. The molecule has 0 N–H and O–H groups in total. The summed E-state index contributed by atoms with van der Waals surface area (Å²) >= 11 is 2.27. The Kier molecular flexibility index (Phi) is 6.89. The molecule has 3 radical (unpaired) electrons. The van der Waals surface area contributed by atoms with Crippen LogP contribution in [0.1, 0.15) is 6.99 Å². The van der Waals surface area contributed by atoms with Crippen LogP contribution in [0, 0.1) is 4.43 Å². The van der Waals surface area contributed by atoms with Crippen LogP contribution in [-0.2, 0) is 6.42 Å². The van der Waals surface area contributed by atoms with Crippen LogP contribution in [-0.4, -0.2) is 23.1 Å². The van der Waals surface area contributed by atoms with E-state index in [2.05, 4.69) is 51.3 Å². The molecule has 0 aliphatic heterocycles. The van der Waals surface area contributed by atoms with E-state index in [1.54, 1.807) is 0 Å².